The van der Waals surface area contributed by atoms with Crippen molar-refractivity contribution in [1.29, 1.82) is 0 Å². The molecule has 1 aliphatic carbocycles. The normalized spacial score (nSPS) is 12.3. The Hall–Kier alpha value is 0.0804. The molecule has 12 heteroatoms. The van der Waals surface area contributed by atoms with Gasteiger partial charge in [-0.05, 0) is 44.9 Å². The van der Waals surface area contributed by atoms with Crippen molar-refractivity contribution < 1.29 is 145 Å². The third-order valence-corrected chi connectivity index (χ3v) is 6.27. The summed E-state index contributed by atoms with van der Waals surface area (Å²) >= 11 is 0. The summed E-state index contributed by atoms with van der Waals surface area (Å²) in [6, 6.07) is 6.49. The van der Waals surface area contributed by atoms with Crippen LogP contribution in [-0.2, 0) is 23.9 Å². The zero-order valence-corrected chi connectivity index (χ0v) is 34.7. The van der Waals surface area contributed by atoms with Crippen molar-refractivity contribution in [1.82, 2.24) is 10.6 Å². The van der Waals surface area contributed by atoms with Gasteiger partial charge in [0, 0.05) is 62.9 Å². The molecule has 1 aliphatic rings. The van der Waals surface area contributed by atoms with Crippen molar-refractivity contribution in [3.05, 3.63) is 51.7 Å². The van der Waals surface area contributed by atoms with E-state index in [1.807, 2.05) is 7.05 Å². The molecule has 0 fully saturated rings. The minimum atomic E-state index is -0.606. The second-order valence-electron chi connectivity index (χ2n) is 9.33. The molecule has 0 bridgehead atoms. The average Bonchev–Trinajstić information content (AvgIpc) is 2.94. The quantitative estimate of drug-likeness (QED) is 0.0763. The predicted molar refractivity (Wildman–Crippen MR) is 149 cm³/mol. The molecule has 0 atom stereocenters. The van der Waals surface area contributed by atoms with Gasteiger partial charge in [-0.2, -0.15) is 0 Å². The van der Waals surface area contributed by atoms with E-state index >= 15 is 0 Å². The van der Waals surface area contributed by atoms with Gasteiger partial charge in [-0.1, -0.05) is 30.7 Å². The number of hydrogen-bond donors (Lipinski definition) is 2. The number of allylic oxidation sites excluding steroid dienone is 2. The zero-order valence-electron chi connectivity index (χ0n) is 24.8. The van der Waals surface area contributed by atoms with E-state index in [2.05, 4.69) is 21.3 Å². The summed E-state index contributed by atoms with van der Waals surface area (Å²) in [5.74, 6) is -1.24. The van der Waals surface area contributed by atoms with Crippen LogP contribution in [0.2, 0.25) is 0 Å². The van der Waals surface area contributed by atoms with Gasteiger partial charge in [0.1, 0.15) is 6.29 Å². The van der Waals surface area contributed by atoms with Gasteiger partial charge in [0.05, 0.1) is 11.8 Å². The molecule has 2 rings (SSSR count). The number of nitrogens with one attached hydrogen (secondary N) is 2. The molecular formula is C29H40N4O6Rb2. The maximum atomic E-state index is 12.8. The van der Waals surface area contributed by atoms with Gasteiger partial charge in [-0.3, -0.25) is 9.59 Å². The number of carbonyl (C=O) groups excluding carboxylic acids is 5. The topological polar surface area (TPSA) is 147 Å². The fourth-order valence-electron chi connectivity index (χ4n) is 4.18. The molecule has 2 N–H and O–H groups in total. The van der Waals surface area contributed by atoms with Crippen molar-refractivity contribution in [3.63, 3.8) is 0 Å². The molecule has 0 spiro atoms. The first kappa shape index (κ1) is 41.1. The van der Waals surface area contributed by atoms with Crippen LogP contribution in [0.25, 0.3) is 10.6 Å². The monoisotopic (exact) mass is 710 g/mol. The summed E-state index contributed by atoms with van der Waals surface area (Å²) in [6.07, 6.45) is 8.22. The van der Waals surface area contributed by atoms with E-state index in [-0.39, 0.29) is 141 Å². The second kappa shape index (κ2) is 25.4. The molecule has 0 heterocycles. The first-order valence-electron chi connectivity index (χ1n) is 13.7. The standard InChI is InChI=1S/C29H42N4O6.2Rb/c1-30-25-10-5-4-9-24(25)29(38)22-12-14-23(15-13-22)33-28(37)21-27(36)32-17-20-39-19-8-11-26(35)31-16-6-2-3-7-18-34;;/h12-15,18H,2-11,16-17,19-21H2,1H3,(H4,30,31,32,33,35,36,37,38);;/q;2*+1/p-2. The molecule has 0 aromatic heterocycles. The number of unbranched alkanes of at least 4 members (excludes halogenated alkanes) is 3. The maximum absolute atomic E-state index is 12.8. The number of ether oxygens (including phenoxy) is 1. The minimum Gasteiger partial charge on any atom is -0.651 e. The third-order valence-electron chi connectivity index (χ3n) is 6.27. The largest absolute Gasteiger partial charge is 1.00 e. The molecule has 3 amide bonds. The first-order chi connectivity index (χ1) is 18.9. The molecule has 1 aromatic rings. The van der Waals surface area contributed by atoms with Crippen LogP contribution in [0.3, 0.4) is 0 Å². The number of benzene rings is 1. The van der Waals surface area contributed by atoms with Crippen LogP contribution >= 0.6 is 0 Å². The van der Waals surface area contributed by atoms with Gasteiger partial charge in [0.15, 0.2) is 5.78 Å². The van der Waals surface area contributed by atoms with Gasteiger partial charge in [-0.25, -0.2) is 0 Å². The number of carbonyl (C=O) groups is 5. The Morgan fingerprint density at radius 2 is 1.66 bits per heavy atom. The van der Waals surface area contributed by atoms with E-state index in [9.17, 15) is 24.0 Å². The van der Waals surface area contributed by atoms with E-state index in [4.69, 9.17) is 4.74 Å². The molecule has 0 radical (unpaired) electrons. The van der Waals surface area contributed by atoms with E-state index in [0.29, 0.717) is 43.7 Å². The molecule has 10 nitrogen and oxygen atoms in total. The smallest absolute Gasteiger partial charge is 0.651 e. The summed E-state index contributed by atoms with van der Waals surface area (Å²) in [7, 11) is 1.83. The fourth-order valence-corrected chi connectivity index (χ4v) is 4.18. The van der Waals surface area contributed by atoms with Crippen molar-refractivity contribution >= 4 is 35.5 Å². The maximum Gasteiger partial charge on any atom is 1.00 e. The van der Waals surface area contributed by atoms with Crippen LogP contribution in [0.15, 0.2) is 35.5 Å². The van der Waals surface area contributed by atoms with Crippen molar-refractivity contribution in [3.8, 4) is 0 Å². The fraction of sp³-hybridized carbons (Fsp3) is 0.552. The minimum absolute atomic E-state index is 0. The third kappa shape index (κ3) is 17.8. The van der Waals surface area contributed by atoms with E-state index in [1.54, 1.807) is 24.3 Å². The first-order valence-corrected chi connectivity index (χ1v) is 13.7. The number of amides is 3. The number of Topliss-reactive ketones (excluding diaryl/α,β-unsaturated/α-hetero) is 1. The summed E-state index contributed by atoms with van der Waals surface area (Å²) in [6.45, 7) is 1.32. The summed E-state index contributed by atoms with van der Waals surface area (Å²) < 4.78 is 5.39. The van der Waals surface area contributed by atoms with Crippen molar-refractivity contribution in [2.24, 2.45) is 0 Å². The van der Waals surface area contributed by atoms with E-state index < -0.39 is 18.2 Å². The number of rotatable bonds is 19. The molecule has 0 saturated heterocycles. The molecule has 214 valence electrons. The van der Waals surface area contributed by atoms with Gasteiger partial charge in [0.25, 0.3) is 0 Å². The van der Waals surface area contributed by atoms with E-state index in [1.165, 1.54) is 0 Å². The Bertz CT molecular complexity index is 1000. The van der Waals surface area contributed by atoms with Gasteiger partial charge in [0.2, 0.25) is 5.91 Å². The molecule has 0 aliphatic heterocycles. The number of nitrogens with zero attached hydrogens (tertiary/aromatic N) is 2. The Labute approximate surface area is 341 Å². The zero-order chi connectivity index (χ0) is 28.3. The molecule has 0 unspecified atom stereocenters. The van der Waals surface area contributed by atoms with E-state index in [0.717, 1.165) is 62.5 Å². The number of hydrogen-bond acceptors (Lipinski definition) is 7. The Morgan fingerprint density at radius 1 is 0.927 bits per heavy atom. The van der Waals surface area contributed by atoms with Crippen LogP contribution in [-0.4, -0.2) is 63.1 Å². The van der Waals surface area contributed by atoms with Crippen LogP contribution in [0, 0.1) is 0 Å². The van der Waals surface area contributed by atoms with Crippen LogP contribution < -0.4 is 127 Å². The van der Waals surface area contributed by atoms with Gasteiger partial charge >= 0.3 is 116 Å². The molecule has 41 heavy (non-hydrogen) atoms. The summed E-state index contributed by atoms with van der Waals surface area (Å²) in [5.41, 5.74) is 2.71. The Morgan fingerprint density at radius 3 is 2.37 bits per heavy atom. The number of aldehydes is 1. The molecule has 0 saturated carbocycles. The number of ketones is 1. The SMILES string of the molecule is CNC1=C(C(=O)c2ccc([N-]C(=O)CC(=O)[N-]CCOCCCC(=O)NCCCCCC=O)cc2)CCCC1.[Rb+].[Rb+]. The molecular weight excluding hydrogens is 671 g/mol. The second-order valence-corrected chi connectivity index (χ2v) is 9.33. The van der Waals surface area contributed by atoms with Crippen molar-refractivity contribution in [2.45, 2.75) is 70.6 Å². The van der Waals surface area contributed by atoms with Crippen LogP contribution in [0.1, 0.15) is 81.0 Å². The average molecular weight is 712 g/mol. The Balaban J connectivity index is 0.00000800. The summed E-state index contributed by atoms with van der Waals surface area (Å²) in [4.78, 5) is 58.9. The van der Waals surface area contributed by atoms with Gasteiger partial charge in [-0.15, -0.1) is 12.2 Å². The van der Waals surface area contributed by atoms with Crippen molar-refractivity contribution in [2.75, 3.05) is 33.4 Å². The summed E-state index contributed by atoms with van der Waals surface area (Å²) in [5, 5.41) is 13.7. The molecule has 1 aromatic carbocycles. The van der Waals surface area contributed by atoms with Crippen LogP contribution in [0.5, 0.6) is 0 Å². The van der Waals surface area contributed by atoms with Crippen LogP contribution in [0.4, 0.5) is 5.69 Å². The van der Waals surface area contributed by atoms with Gasteiger partial charge < -0.3 is 40.4 Å². The predicted octanol–water partition coefficient (Wildman–Crippen LogP) is -1.58. The Kier molecular flexibility index (Phi) is 25.5.